The molecule has 0 spiro atoms. The standard InChI is InChI=1S/C31H28N4OS/c36-30(33-27-12-6-10-24-9-4-5-11-26(24)27)25-15-13-22(14-16-25)20-35-29-19-32-18-17-28(29)34-31(35)37-21-23-7-2-1-3-8-23/h1-5,7-9,11,13-19,27H,6,10,12,20-21H2,(H,33,36). The highest BCUT2D eigenvalue weighted by atomic mass is 32.2. The van der Waals surface area contributed by atoms with E-state index in [9.17, 15) is 4.79 Å². The molecular weight excluding hydrogens is 476 g/mol. The predicted molar refractivity (Wildman–Crippen MR) is 149 cm³/mol. The molecule has 1 N–H and O–H groups in total. The molecule has 5 aromatic rings. The fourth-order valence-corrected chi connectivity index (χ4v) is 5.99. The number of pyridine rings is 1. The second-order valence-electron chi connectivity index (χ2n) is 9.43. The van der Waals surface area contributed by atoms with Crippen molar-refractivity contribution in [1.29, 1.82) is 0 Å². The average molecular weight is 505 g/mol. The molecule has 0 radical (unpaired) electrons. The van der Waals surface area contributed by atoms with Crippen molar-refractivity contribution >= 4 is 28.7 Å². The van der Waals surface area contributed by atoms with Gasteiger partial charge in [-0.15, -0.1) is 0 Å². The molecule has 1 unspecified atom stereocenters. The first-order valence-corrected chi connectivity index (χ1v) is 13.7. The van der Waals surface area contributed by atoms with Gasteiger partial charge in [-0.05, 0) is 59.7 Å². The zero-order chi connectivity index (χ0) is 25.0. The number of carbonyl (C=O) groups is 1. The van der Waals surface area contributed by atoms with Crippen LogP contribution in [0.4, 0.5) is 0 Å². The Labute approximate surface area is 221 Å². The maximum atomic E-state index is 13.1. The lowest BCUT2D eigenvalue weighted by atomic mass is 9.87. The summed E-state index contributed by atoms with van der Waals surface area (Å²) in [4.78, 5) is 22.3. The number of thioether (sulfide) groups is 1. The van der Waals surface area contributed by atoms with Crippen molar-refractivity contribution in [3.63, 3.8) is 0 Å². The molecule has 0 saturated carbocycles. The van der Waals surface area contributed by atoms with Gasteiger partial charge in [0, 0.05) is 17.5 Å². The van der Waals surface area contributed by atoms with E-state index in [0.717, 1.165) is 46.8 Å². The van der Waals surface area contributed by atoms with E-state index in [4.69, 9.17) is 4.98 Å². The molecule has 184 valence electrons. The van der Waals surface area contributed by atoms with Crippen LogP contribution in [-0.2, 0) is 18.7 Å². The summed E-state index contributed by atoms with van der Waals surface area (Å²) in [5.41, 5.74) is 7.61. The number of hydrogen-bond acceptors (Lipinski definition) is 4. The molecule has 0 saturated heterocycles. The zero-order valence-corrected chi connectivity index (χ0v) is 21.3. The SMILES string of the molecule is O=C(NC1CCCc2ccccc21)c1ccc(Cn2c(SCc3ccccc3)nc3ccncc32)cc1. The lowest BCUT2D eigenvalue weighted by molar-refractivity contribution is 0.0932. The molecule has 0 aliphatic heterocycles. The fraction of sp³-hybridized carbons (Fsp3) is 0.194. The maximum absolute atomic E-state index is 13.1. The van der Waals surface area contributed by atoms with Gasteiger partial charge < -0.3 is 9.88 Å². The third-order valence-corrected chi connectivity index (χ3v) is 8.01. The molecule has 0 bridgehead atoms. The van der Waals surface area contributed by atoms with Crippen molar-refractivity contribution in [3.8, 4) is 0 Å². The van der Waals surface area contributed by atoms with E-state index in [2.05, 4.69) is 63.4 Å². The Morgan fingerprint density at radius 2 is 1.76 bits per heavy atom. The van der Waals surface area contributed by atoms with E-state index in [1.807, 2.05) is 42.6 Å². The summed E-state index contributed by atoms with van der Waals surface area (Å²) in [5, 5.41) is 4.22. The Balaban J connectivity index is 1.19. The summed E-state index contributed by atoms with van der Waals surface area (Å²) < 4.78 is 2.21. The molecule has 1 atom stereocenters. The van der Waals surface area contributed by atoms with Crippen molar-refractivity contribution in [1.82, 2.24) is 19.9 Å². The Kier molecular flexibility index (Phi) is 6.74. The molecule has 1 aliphatic carbocycles. The lowest BCUT2D eigenvalue weighted by Gasteiger charge is -2.26. The summed E-state index contributed by atoms with van der Waals surface area (Å²) >= 11 is 1.73. The normalized spacial score (nSPS) is 14.9. The molecule has 6 heteroatoms. The predicted octanol–water partition coefficient (Wildman–Crippen LogP) is 6.58. The fourth-order valence-electron chi connectivity index (χ4n) is 5.02. The number of fused-ring (bicyclic) bond motifs is 2. The first kappa shape index (κ1) is 23.5. The Bertz CT molecular complexity index is 1530. The minimum atomic E-state index is -0.0235. The van der Waals surface area contributed by atoms with Crippen LogP contribution in [0.3, 0.4) is 0 Å². The summed E-state index contributed by atoms with van der Waals surface area (Å²) in [6, 6.07) is 28.8. The molecule has 1 aliphatic rings. The van der Waals surface area contributed by atoms with Crippen LogP contribution < -0.4 is 5.32 Å². The van der Waals surface area contributed by atoms with Crippen molar-refractivity contribution in [2.75, 3.05) is 0 Å². The van der Waals surface area contributed by atoms with Crippen LogP contribution in [0, 0.1) is 0 Å². The van der Waals surface area contributed by atoms with Crippen LogP contribution >= 0.6 is 11.8 Å². The molecule has 2 heterocycles. The molecule has 0 fully saturated rings. The van der Waals surface area contributed by atoms with Crippen LogP contribution in [0.5, 0.6) is 0 Å². The molecule has 2 aromatic heterocycles. The monoisotopic (exact) mass is 504 g/mol. The number of aryl methyl sites for hydroxylation is 1. The highest BCUT2D eigenvalue weighted by Crippen LogP contribution is 2.30. The van der Waals surface area contributed by atoms with E-state index in [1.54, 1.807) is 18.0 Å². The summed E-state index contributed by atoms with van der Waals surface area (Å²) in [6.45, 7) is 0.664. The topological polar surface area (TPSA) is 59.8 Å². The van der Waals surface area contributed by atoms with Gasteiger partial charge >= 0.3 is 0 Å². The number of amides is 1. The van der Waals surface area contributed by atoms with Crippen molar-refractivity contribution in [2.24, 2.45) is 0 Å². The van der Waals surface area contributed by atoms with E-state index >= 15 is 0 Å². The van der Waals surface area contributed by atoms with E-state index in [1.165, 1.54) is 16.7 Å². The smallest absolute Gasteiger partial charge is 0.251 e. The number of benzene rings is 3. The largest absolute Gasteiger partial charge is 0.345 e. The van der Waals surface area contributed by atoms with E-state index < -0.39 is 0 Å². The van der Waals surface area contributed by atoms with Gasteiger partial charge in [-0.3, -0.25) is 9.78 Å². The van der Waals surface area contributed by atoms with Gasteiger partial charge in [-0.1, -0.05) is 78.5 Å². The number of hydrogen-bond donors (Lipinski definition) is 1. The third kappa shape index (κ3) is 5.16. The summed E-state index contributed by atoms with van der Waals surface area (Å²) in [7, 11) is 0. The van der Waals surface area contributed by atoms with Crippen LogP contribution in [-0.4, -0.2) is 20.4 Å². The third-order valence-electron chi connectivity index (χ3n) is 6.96. The lowest BCUT2D eigenvalue weighted by Crippen LogP contribution is -2.30. The van der Waals surface area contributed by atoms with Crippen LogP contribution in [0.2, 0.25) is 0 Å². The minimum absolute atomic E-state index is 0.0235. The number of rotatable bonds is 7. The first-order chi connectivity index (χ1) is 18.2. The highest BCUT2D eigenvalue weighted by Gasteiger charge is 2.22. The Hall–Kier alpha value is -3.90. The van der Waals surface area contributed by atoms with Gasteiger partial charge in [0.2, 0.25) is 0 Å². The minimum Gasteiger partial charge on any atom is -0.345 e. The van der Waals surface area contributed by atoms with Gasteiger partial charge in [-0.2, -0.15) is 0 Å². The zero-order valence-electron chi connectivity index (χ0n) is 20.5. The molecule has 1 amide bonds. The number of nitrogens with one attached hydrogen (secondary N) is 1. The number of nitrogens with zero attached hydrogens (tertiary/aromatic N) is 3. The van der Waals surface area contributed by atoms with Crippen molar-refractivity contribution in [3.05, 3.63) is 125 Å². The van der Waals surface area contributed by atoms with Gasteiger partial charge in [0.05, 0.1) is 29.8 Å². The second-order valence-corrected chi connectivity index (χ2v) is 10.4. The Morgan fingerprint density at radius 1 is 0.946 bits per heavy atom. The van der Waals surface area contributed by atoms with Crippen LogP contribution in [0.1, 0.15) is 51.5 Å². The quantitative estimate of drug-likeness (QED) is 0.254. The molecule has 5 nitrogen and oxygen atoms in total. The molecule has 3 aromatic carbocycles. The second kappa shape index (κ2) is 10.6. The van der Waals surface area contributed by atoms with Gasteiger partial charge in [0.15, 0.2) is 5.16 Å². The molecule has 6 rings (SSSR count). The Morgan fingerprint density at radius 3 is 2.62 bits per heavy atom. The van der Waals surface area contributed by atoms with Crippen molar-refractivity contribution < 1.29 is 4.79 Å². The van der Waals surface area contributed by atoms with Gasteiger partial charge in [0.25, 0.3) is 5.91 Å². The highest BCUT2D eigenvalue weighted by molar-refractivity contribution is 7.98. The number of carbonyl (C=O) groups excluding carboxylic acids is 1. The average Bonchev–Trinajstić information content (AvgIpc) is 3.30. The molecule has 37 heavy (non-hydrogen) atoms. The summed E-state index contributed by atoms with van der Waals surface area (Å²) in [6.07, 6.45) is 6.81. The van der Waals surface area contributed by atoms with E-state index in [0.29, 0.717) is 12.1 Å². The van der Waals surface area contributed by atoms with Crippen molar-refractivity contribution in [2.45, 2.75) is 42.8 Å². The first-order valence-electron chi connectivity index (χ1n) is 12.7. The van der Waals surface area contributed by atoms with Gasteiger partial charge in [-0.25, -0.2) is 4.98 Å². The number of imidazole rings is 1. The maximum Gasteiger partial charge on any atom is 0.251 e. The molecular formula is C31H28N4OS. The number of aromatic nitrogens is 3. The van der Waals surface area contributed by atoms with E-state index in [-0.39, 0.29) is 11.9 Å². The van der Waals surface area contributed by atoms with Crippen LogP contribution in [0.25, 0.3) is 11.0 Å². The van der Waals surface area contributed by atoms with Crippen LogP contribution in [0.15, 0.2) is 102 Å². The van der Waals surface area contributed by atoms with Gasteiger partial charge in [0.1, 0.15) is 0 Å². The summed E-state index contributed by atoms with van der Waals surface area (Å²) in [5.74, 6) is 0.825.